The van der Waals surface area contributed by atoms with Crippen LogP contribution in [0.1, 0.15) is 220 Å². The Kier molecular flexibility index (Phi) is 33.5. The van der Waals surface area contributed by atoms with Crippen molar-refractivity contribution in [3.05, 3.63) is 0 Å². The Morgan fingerprint density at radius 3 is 1.28 bits per heavy atom. The summed E-state index contributed by atoms with van der Waals surface area (Å²) >= 11 is 0. The van der Waals surface area contributed by atoms with E-state index in [9.17, 15) is 50.4 Å². The minimum absolute atomic E-state index is 0.0368. The van der Waals surface area contributed by atoms with Crippen LogP contribution in [0.15, 0.2) is 0 Å². The highest BCUT2D eigenvalue weighted by atomic mass is 16.7. The van der Waals surface area contributed by atoms with Crippen LogP contribution in [0.4, 0.5) is 0 Å². The standard InChI is InChI=1S/C44H87NO12/c1-4-7-10-13-16-17-18-23-30-37-56-40(47)42(49,50)34-27-29-36-45(39(46)44(53,54)55)35-28-22-21-26-33-43(51,52)41(48)57-38(31-24-19-14-11-8-5-2)32-25-20-15-12-9-6-3/h38-39,46,49-55H,4-37H2,1-3H3. The number of aliphatic hydroxyl groups excluding tert-OH is 1. The van der Waals surface area contributed by atoms with Gasteiger partial charge in [-0.3, -0.25) is 4.90 Å². The summed E-state index contributed by atoms with van der Waals surface area (Å²) in [5.74, 6) is -10.8. The van der Waals surface area contributed by atoms with Gasteiger partial charge in [0.1, 0.15) is 6.10 Å². The number of esters is 2. The molecule has 0 aromatic heterocycles. The van der Waals surface area contributed by atoms with E-state index in [0.29, 0.717) is 44.9 Å². The maximum atomic E-state index is 12.9. The third-order valence-corrected chi connectivity index (χ3v) is 10.8. The van der Waals surface area contributed by atoms with Gasteiger partial charge in [0.05, 0.1) is 6.61 Å². The van der Waals surface area contributed by atoms with E-state index >= 15 is 0 Å². The number of carbonyl (C=O) groups excluding carboxylic acids is 2. The topological polar surface area (TPSA) is 218 Å². The van der Waals surface area contributed by atoms with Crippen LogP contribution in [-0.2, 0) is 19.1 Å². The molecule has 0 saturated carbocycles. The van der Waals surface area contributed by atoms with Crippen molar-refractivity contribution in [3.63, 3.8) is 0 Å². The van der Waals surface area contributed by atoms with Gasteiger partial charge in [-0.1, -0.05) is 149 Å². The predicted molar refractivity (Wildman–Crippen MR) is 222 cm³/mol. The Morgan fingerprint density at radius 1 is 0.474 bits per heavy atom. The van der Waals surface area contributed by atoms with Gasteiger partial charge in [-0.05, 0) is 57.8 Å². The van der Waals surface area contributed by atoms with Crippen molar-refractivity contribution >= 4 is 11.9 Å². The third kappa shape index (κ3) is 30.3. The molecule has 0 heterocycles. The molecular formula is C44H87NO12. The van der Waals surface area contributed by atoms with Crippen LogP contribution in [0.2, 0.25) is 0 Å². The molecule has 0 radical (unpaired) electrons. The molecule has 0 aromatic carbocycles. The average molecular weight is 822 g/mol. The number of nitrogens with zero attached hydrogens (tertiary/aromatic N) is 1. The molecule has 0 fully saturated rings. The molecule has 13 nitrogen and oxygen atoms in total. The fraction of sp³-hybridized carbons (Fsp3) is 0.955. The summed E-state index contributed by atoms with van der Waals surface area (Å²) in [6, 6.07) is 0. The van der Waals surface area contributed by atoms with Gasteiger partial charge in [0.25, 0.3) is 11.6 Å². The largest absolute Gasteiger partial charge is 0.462 e. The smallest absolute Gasteiger partial charge is 0.366 e. The van der Waals surface area contributed by atoms with Crippen LogP contribution in [0.3, 0.4) is 0 Å². The minimum Gasteiger partial charge on any atom is -0.462 e. The monoisotopic (exact) mass is 822 g/mol. The number of ether oxygens (including phenoxy) is 2. The fourth-order valence-corrected chi connectivity index (χ4v) is 7.04. The molecule has 57 heavy (non-hydrogen) atoms. The molecule has 340 valence electrons. The normalized spacial score (nSPS) is 13.1. The summed E-state index contributed by atoms with van der Waals surface area (Å²) < 4.78 is 10.7. The van der Waals surface area contributed by atoms with Crippen molar-refractivity contribution in [3.8, 4) is 0 Å². The minimum atomic E-state index is -3.40. The lowest BCUT2D eigenvalue weighted by Gasteiger charge is -2.32. The zero-order chi connectivity index (χ0) is 42.8. The van der Waals surface area contributed by atoms with E-state index in [1.54, 1.807) is 0 Å². The molecular weight excluding hydrogens is 734 g/mol. The second-order valence-corrected chi connectivity index (χ2v) is 16.5. The molecule has 0 rings (SSSR count). The van der Waals surface area contributed by atoms with Crippen molar-refractivity contribution in [1.29, 1.82) is 0 Å². The van der Waals surface area contributed by atoms with Crippen molar-refractivity contribution in [2.45, 2.75) is 250 Å². The molecule has 0 aromatic rings. The van der Waals surface area contributed by atoms with Crippen LogP contribution in [-0.4, -0.2) is 107 Å². The summed E-state index contributed by atoms with van der Waals surface area (Å²) in [6.07, 6.45) is 23.8. The van der Waals surface area contributed by atoms with E-state index in [2.05, 4.69) is 20.8 Å². The number of rotatable bonds is 41. The van der Waals surface area contributed by atoms with Crippen LogP contribution < -0.4 is 0 Å². The first kappa shape index (κ1) is 55.6. The van der Waals surface area contributed by atoms with Gasteiger partial charge in [0, 0.05) is 25.9 Å². The Labute approximate surface area is 345 Å². The van der Waals surface area contributed by atoms with Crippen molar-refractivity contribution in [2.24, 2.45) is 0 Å². The quantitative estimate of drug-likeness (QED) is 0.0174. The van der Waals surface area contributed by atoms with Crippen LogP contribution >= 0.6 is 0 Å². The molecule has 0 aliphatic heterocycles. The van der Waals surface area contributed by atoms with Gasteiger partial charge in [0.2, 0.25) is 0 Å². The van der Waals surface area contributed by atoms with Crippen molar-refractivity contribution in [1.82, 2.24) is 4.90 Å². The summed E-state index contributed by atoms with van der Waals surface area (Å²) in [5, 5.41) is 80.9. The van der Waals surface area contributed by atoms with E-state index in [0.717, 1.165) is 57.8 Å². The lowest BCUT2D eigenvalue weighted by atomic mass is 10.0. The fourth-order valence-electron chi connectivity index (χ4n) is 7.04. The molecule has 0 bridgehead atoms. The van der Waals surface area contributed by atoms with Crippen molar-refractivity contribution < 1.29 is 59.9 Å². The maximum absolute atomic E-state index is 12.9. The average Bonchev–Trinajstić information content (AvgIpc) is 3.16. The summed E-state index contributed by atoms with van der Waals surface area (Å²) in [5.41, 5.74) is 0. The van der Waals surface area contributed by atoms with E-state index in [1.165, 1.54) is 75.5 Å². The molecule has 1 atom stereocenters. The lowest BCUT2D eigenvalue weighted by molar-refractivity contribution is -0.379. The van der Waals surface area contributed by atoms with Gasteiger partial charge < -0.3 is 50.3 Å². The highest BCUT2D eigenvalue weighted by molar-refractivity contribution is 5.77. The van der Waals surface area contributed by atoms with Gasteiger partial charge in [-0.25, -0.2) is 9.59 Å². The lowest BCUT2D eigenvalue weighted by Crippen LogP contribution is -2.53. The van der Waals surface area contributed by atoms with Gasteiger partial charge in [0.15, 0.2) is 6.23 Å². The molecule has 0 aliphatic carbocycles. The summed E-state index contributed by atoms with van der Waals surface area (Å²) in [4.78, 5) is 26.4. The number of hydrogen-bond donors (Lipinski definition) is 8. The molecule has 13 heteroatoms. The van der Waals surface area contributed by atoms with E-state index in [-0.39, 0.29) is 51.5 Å². The first-order valence-corrected chi connectivity index (χ1v) is 23.0. The number of aliphatic hydroxyl groups is 8. The van der Waals surface area contributed by atoms with Crippen LogP contribution in [0.5, 0.6) is 0 Å². The van der Waals surface area contributed by atoms with Gasteiger partial charge >= 0.3 is 17.9 Å². The first-order valence-electron chi connectivity index (χ1n) is 23.0. The molecule has 0 spiro atoms. The zero-order valence-electron chi connectivity index (χ0n) is 36.4. The van der Waals surface area contributed by atoms with Crippen LogP contribution in [0, 0.1) is 0 Å². The maximum Gasteiger partial charge on any atom is 0.366 e. The Hall–Kier alpha value is -1.42. The first-order chi connectivity index (χ1) is 27.1. The highest BCUT2D eigenvalue weighted by Gasteiger charge is 2.38. The number of hydrogen-bond acceptors (Lipinski definition) is 13. The molecule has 0 aliphatic rings. The Bertz CT molecular complexity index is 942. The second kappa shape index (κ2) is 34.3. The highest BCUT2D eigenvalue weighted by Crippen LogP contribution is 2.22. The van der Waals surface area contributed by atoms with Gasteiger partial charge in [-0.15, -0.1) is 0 Å². The molecule has 8 N–H and O–H groups in total. The second-order valence-electron chi connectivity index (χ2n) is 16.5. The van der Waals surface area contributed by atoms with E-state index in [1.807, 2.05) is 0 Å². The third-order valence-electron chi connectivity index (χ3n) is 10.8. The van der Waals surface area contributed by atoms with Crippen molar-refractivity contribution in [2.75, 3.05) is 19.7 Å². The summed E-state index contributed by atoms with van der Waals surface area (Å²) in [6.45, 7) is 6.80. The number of carbonyl (C=O) groups is 2. The predicted octanol–water partition coefficient (Wildman–Crippen LogP) is 7.21. The number of unbranched alkanes of at least 4 members (excludes halogenated alkanes) is 22. The Balaban J connectivity index is 4.68. The van der Waals surface area contributed by atoms with Gasteiger partial charge in [-0.2, -0.15) is 0 Å². The molecule has 1 unspecified atom stereocenters. The molecule has 0 amide bonds. The zero-order valence-corrected chi connectivity index (χ0v) is 36.4. The Morgan fingerprint density at radius 2 is 0.825 bits per heavy atom. The molecule has 0 saturated heterocycles. The SMILES string of the molecule is CCCCCCCCCCCOC(=O)C(O)(O)CCCCN(CCCCCCC(O)(O)C(=O)OC(CCCCCCCC)CCCCCCCC)C(O)C(O)(O)O. The summed E-state index contributed by atoms with van der Waals surface area (Å²) in [7, 11) is 0. The van der Waals surface area contributed by atoms with E-state index < -0.39 is 35.7 Å². The van der Waals surface area contributed by atoms with E-state index in [4.69, 9.17) is 9.47 Å². The van der Waals surface area contributed by atoms with Crippen LogP contribution in [0.25, 0.3) is 0 Å².